The summed E-state index contributed by atoms with van der Waals surface area (Å²) in [6.45, 7) is 2.77. The summed E-state index contributed by atoms with van der Waals surface area (Å²) in [6, 6.07) is 17.7. The van der Waals surface area contributed by atoms with Gasteiger partial charge < -0.3 is 14.9 Å². The Labute approximate surface area is 192 Å². The molecule has 3 aromatic rings. The van der Waals surface area contributed by atoms with Crippen molar-refractivity contribution >= 4 is 23.4 Å². The standard InChI is InChI=1S/C25H28N4O2S/c30-23-13-7-6-12-22(23)27-14-16-28(17-15-27)24(31)18-32-25-26-20-10-4-5-11-21(20)29(25)19-8-2-1-3-9-19/h1-3,6-9,12-13,30H,4-5,10-11,14-18H2. The van der Waals surface area contributed by atoms with Crippen LogP contribution in [0.2, 0.25) is 0 Å². The number of fused-ring (bicyclic) bond motifs is 1. The summed E-state index contributed by atoms with van der Waals surface area (Å²) in [5.41, 5.74) is 4.44. The lowest BCUT2D eigenvalue weighted by Gasteiger charge is -2.36. The number of phenols is 1. The van der Waals surface area contributed by atoms with Crippen molar-refractivity contribution < 1.29 is 9.90 Å². The number of carbonyl (C=O) groups excluding carboxylic acids is 1. The first kappa shape index (κ1) is 20.9. The van der Waals surface area contributed by atoms with Gasteiger partial charge in [-0.25, -0.2) is 4.98 Å². The SMILES string of the molecule is O=C(CSc1nc2c(n1-c1ccccc1)CCCC2)N1CCN(c2ccccc2O)CC1. The van der Waals surface area contributed by atoms with Crippen molar-refractivity contribution in [1.82, 2.24) is 14.5 Å². The molecule has 0 bridgehead atoms. The number of para-hydroxylation sites is 3. The number of phenolic OH excluding ortho intramolecular Hbond substituents is 1. The highest BCUT2D eigenvalue weighted by atomic mass is 32.2. The van der Waals surface area contributed by atoms with Crippen LogP contribution >= 0.6 is 11.8 Å². The molecule has 2 heterocycles. The minimum atomic E-state index is 0.146. The van der Waals surface area contributed by atoms with Crippen molar-refractivity contribution in [1.29, 1.82) is 0 Å². The maximum Gasteiger partial charge on any atom is 0.233 e. The predicted molar refractivity (Wildman–Crippen MR) is 128 cm³/mol. The van der Waals surface area contributed by atoms with Crippen LogP contribution in [0, 0.1) is 0 Å². The van der Waals surface area contributed by atoms with E-state index in [1.807, 2.05) is 41.3 Å². The summed E-state index contributed by atoms with van der Waals surface area (Å²) >= 11 is 1.54. The van der Waals surface area contributed by atoms with Gasteiger partial charge in [0.05, 0.1) is 17.1 Å². The monoisotopic (exact) mass is 448 g/mol. The van der Waals surface area contributed by atoms with E-state index in [1.165, 1.54) is 24.2 Å². The van der Waals surface area contributed by atoms with Gasteiger partial charge >= 0.3 is 0 Å². The van der Waals surface area contributed by atoms with Gasteiger partial charge in [-0.1, -0.05) is 42.1 Å². The van der Waals surface area contributed by atoms with E-state index in [9.17, 15) is 9.90 Å². The molecule has 0 unspecified atom stereocenters. The lowest BCUT2D eigenvalue weighted by Crippen LogP contribution is -2.49. The van der Waals surface area contributed by atoms with E-state index < -0.39 is 0 Å². The number of piperazine rings is 1. The zero-order valence-corrected chi connectivity index (χ0v) is 18.9. The molecule has 1 aliphatic heterocycles. The lowest BCUT2D eigenvalue weighted by atomic mass is 10.0. The Hall–Kier alpha value is -2.93. The molecule has 1 aliphatic carbocycles. The fraction of sp³-hybridized carbons (Fsp3) is 0.360. The van der Waals surface area contributed by atoms with Crippen LogP contribution in [-0.4, -0.2) is 57.4 Å². The number of thioether (sulfide) groups is 1. The number of carbonyl (C=O) groups is 1. The molecule has 2 aliphatic rings. The van der Waals surface area contributed by atoms with Gasteiger partial charge in [-0.15, -0.1) is 0 Å². The van der Waals surface area contributed by atoms with Gasteiger partial charge in [0.1, 0.15) is 5.75 Å². The number of nitrogens with zero attached hydrogens (tertiary/aromatic N) is 4. The molecule has 1 N–H and O–H groups in total. The van der Waals surface area contributed by atoms with Crippen molar-refractivity contribution in [3.05, 3.63) is 66.0 Å². The molecule has 166 valence electrons. The molecule has 1 fully saturated rings. The molecule has 6 nitrogen and oxygen atoms in total. The topological polar surface area (TPSA) is 61.6 Å². The molecule has 0 radical (unpaired) electrons. The summed E-state index contributed by atoms with van der Waals surface area (Å²) < 4.78 is 2.25. The van der Waals surface area contributed by atoms with E-state index in [2.05, 4.69) is 21.6 Å². The second-order valence-corrected chi connectivity index (χ2v) is 9.25. The molecule has 32 heavy (non-hydrogen) atoms. The smallest absolute Gasteiger partial charge is 0.233 e. The quantitative estimate of drug-likeness (QED) is 0.600. The number of aromatic hydroxyl groups is 1. The molecule has 7 heteroatoms. The summed E-state index contributed by atoms with van der Waals surface area (Å²) in [7, 11) is 0. The molecular weight excluding hydrogens is 420 g/mol. The Kier molecular flexibility index (Phi) is 6.08. The lowest BCUT2D eigenvalue weighted by molar-refractivity contribution is -0.128. The molecule has 0 spiro atoms. The van der Waals surface area contributed by atoms with Crippen molar-refractivity contribution in [3.8, 4) is 11.4 Å². The number of imidazole rings is 1. The second kappa shape index (κ2) is 9.28. The third-order valence-corrected chi connectivity index (χ3v) is 7.22. The molecular formula is C25H28N4O2S. The van der Waals surface area contributed by atoms with Gasteiger partial charge in [0.2, 0.25) is 5.91 Å². The fourth-order valence-corrected chi connectivity index (χ4v) is 5.56. The third-order valence-electron chi connectivity index (χ3n) is 6.30. The number of benzene rings is 2. The van der Waals surface area contributed by atoms with E-state index in [-0.39, 0.29) is 5.91 Å². The molecule has 1 saturated heterocycles. The number of hydrogen-bond acceptors (Lipinski definition) is 5. The maximum atomic E-state index is 13.0. The zero-order valence-electron chi connectivity index (χ0n) is 18.1. The van der Waals surface area contributed by atoms with Crippen LogP contribution in [0.15, 0.2) is 59.8 Å². The maximum absolute atomic E-state index is 13.0. The highest BCUT2D eigenvalue weighted by molar-refractivity contribution is 7.99. The van der Waals surface area contributed by atoms with Gasteiger partial charge in [0, 0.05) is 37.6 Å². The zero-order chi connectivity index (χ0) is 21.9. The minimum Gasteiger partial charge on any atom is -0.506 e. The number of hydrogen-bond donors (Lipinski definition) is 1. The molecule has 0 saturated carbocycles. The average molecular weight is 449 g/mol. The normalized spacial score (nSPS) is 16.1. The van der Waals surface area contributed by atoms with Crippen LogP contribution in [0.3, 0.4) is 0 Å². The Morgan fingerprint density at radius 1 is 0.938 bits per heavy atom. The second-order valence-electron chi connectivity index (χ2n) is 8.31. The minimum absolute atomic E-state index is 0.146. The van der Waals surface area contributed by atoms with Crippen molar-refractivity contribution in [3.63, 3.8) is 0 Å². The van der Waals surface area contributed by atoms with Gasteiger partial charge in [-0.2, -0.15) is 0 Å². The Morgan fingerprint density at radius 2 is 1.66 bits per heavy atom. The molecule has 5 rings (SSSR count). The average Bonchev–Trinajstić information content (AvgIpc) is 3.22. The molecule has 2 aromatic carbocycles. The summed E-state index contributed by atoms with van der Waals surface area (Å²) in [4.78, 5) is 22.0. The van der Waals surface area contributed by atoms with E-state index in [1.54, 1.807) is 17.8 Å². The van der Waals surface area contributed by atoms with E-state index in [0.29, 0.717) is 24.6 Å². The van der Waals surface area contributed by atoms with E-state index in [0.717, 1.165) is 42.5 Å². The summed E-state index contributed by atoms with van der Waals surface area (Å²) in [6.07, 6.45) is 4.43. The van der Waals surface area contributed by atoms with Crippen LogP contribution in [0.25, 0.3) is 5.69 Å². The number of rotatable bonds is 5. The highest BCUT2D eigenvalue weighted by Gasteiger charge is 2.25. The van der Waals surface area contributed by atoms with Crippen molar-refractivity contribution in [2.75, 3.05) is 36.8 Å². The van der Waals surface area contributed by atoms with Crippen LogP contribution in [0.5, 0.6) is 5.75 Å². The number of aryl methyl sites for hydroxylation is 1. The number of aromatic nitrogens is 2. The van der Waals surface area contributed by atoms with E-state index >= 15 is 0 Å². The first-order chi connectivity index (χ1) is 15.7. The fourth-order valence-electron chi connectivity index (χ4n) is 4.60. The highest BCUT2D eigenvalue weighted by Crippen LogP contribution is 2.31. The Bertz CT molecular complexity index is 1090. The number of anilines is 1. The summed E-state index contributed by atoms with van der Waals surface area (Å²) in [5.74, 6) is 0.825. The first-order valence-electron chi connectivity index (χ1n) is 11.3. The molecule has 1 amide bonds. The van der Waals surface area contributed by atoms with Gasteiger partial charge in [0.25, 0.3) is 0 Å². The predicted octanol–water partition coefficient (Wildman–Crippen LogP) is 3.90. The molecule has 0 atom stereocenters. The van der Waals surface area contributed by atoms with Crippen LogP contribution in [-0.2, 0) is 17.6 Å². The van der Waals surface area contributed by atoms with Crippen molar-refractivity contribution in [2.45, 2.75) is 30.8 Å². The first-order valence-corrected chi connectivity index (χ1v) is 12.3. The van der Waals surface area contributed by atoms with Crippen molar-refractivity contribution in [2.24, 2.45) is 0 Å². The third kappa shape index (κ3) is 4.21. The van der Waals surface area contributed by atoms with Crippen LogP contribution in [0.4, 0.5) is 5.69 Å². The summed E-state index contributed by atoms with van der Waals surface area (Å²) in [5, 5.41) is 11.0. The van der Waals surface area contributed by atoms with Gasteiger partial charge in [0.15, 0.2) is 5.16 Å². The van der Waals surface area contributed by atoms with Gasteiger partial charge in [-0.05, 0) is 49.9 Å². The number of amides is 1. The molecule has 1 aromatic heterocycles. The largest absolute Gasteiger partial charge is 0.506 e. The van der Waals surface area contributed by atoms with Gasteiger partial charge in [-0.3, -0.25) is 9.36 Å². The Balaban J connectivity index is 1.25. The van der Waals surface area contributed by atoms with Crippen LogP contribution < -0.4 is 4.90 Å². The van der Waals surface area contributed by atoms with Crippen LogP contribution in [0.1, 0.15) is 24.2 Å². The Morgan fingerprint density at radius 3 is 2.44 bits per heavy atom. The van der Waals surface area contributed by atoms with E-state index in [4.69, 9.17) is 4.98 Å².